The standard InChI is InChI=1S/C12H17N3O3/c16-10-7-13-9(6-14-10)11(17)15-8-12(18)4-2-1-3-5-12/h6-7,18H,1-5,8H2,(H,14,16)(H,15,17). The van der Waals surface area contributed by atoms with E-state index in [4.69, 9.17) is 0 Å². The zero-order chi connectivity index (χ0) is 13.0. The number of aromatic nitrogens is 2. The third kappa shape index (κ3) is 3.16. The summed E-state index contributed by atoms with van der Waals surface area (Å²) >= 11 is 0. The van der Waals surface area contributed by atoms with E-state index in [0.29, 0.717) is 12.8 Å². The number of H-pyrrole nitrogens is 1. The molecule has 1 saturated carbocycles. The molecule has 0 radical (unpaired) electrons. The summed E-state index contributed by atoms with van der Waals surface area (Å²) in [4.78, 5) is 28.7. The number of hydrogen-bond donors (Lipinski definition) is 3. The van der Waals surface area contributed by atoms with Crippen LogP contribution in [-0.4, -0.2) is 33.1 Å². The average Bonchev–Trinajstić information content (AvgIpc) is 2.38. The molecule has 0 atom stereocenters. The van der Waals surface area contributed by atoms with Crippen LogP contribution in [0.4, 0.5) is 0 Å². The number of amides is 1. The number of aliphatic hydroxyl groups is 1. The summed E-state index contributed by atoms with van der Waals surface area (Å²) in [6, 6.07) is 0. The molecule has 1 aliphatic rings. The molecule has 1 heterocycles. The zero-order valence-corrected chi connectivity index (χ0v) is 10.1. The smallest absolute Gasteiger partial charge is 0.271 e. The van der Waals surface area contributed by atoms with Crippen molar-refractivity contribution in [2.45, 2.75) is 37.7 Å². The lowest BCUT2D eigenvalue weighted by Crippen LogP contribution is -2.44. The van der Waals surface area contributed by atoms with Crippen molar-refractivity contribution in [3.05, 3.63) is 28.4 Å². The van der Waals surface area contributed by atoms with Crippen LogP contribution in [0.2, 0.25) is 0 Å². The van der Waals surface area contributed by atoms with Crippen LogP contribution in [0, 0.1) is 0 Å². The van der Waals surface area contributed by atoms with E-state index < -0.39 is 5.60 Å². The van der Waals surface area contributed by atoms with Gasteiger partial charge in [0.15, 0.2) is 0 Å². The van der Waals surface area contributed by atoms with Crippen LogP contribution in [0.3, 0.4) is 0 Å². The van der Waals surface area contributed by atoms with Crippen molar-refractivity contribution in [1.82, 2.24) is 15.3 Å². The first-order valence-electron chi connectivity index (χ1n) is 6.14. The maximum absolute atomic E-state index is 11.7. The number of nitrogens with one attached hydrogen (secondary N) is 2. The van der Waals surface area contributed by atoms with Crippen LogP contribution in [0.1, 0.15) is 42.6 Å². The highest BCUT2D eigenvalue weighted by atomic mass is 16.3. The van der Waals surface area contributed by atoms with Crippen LogP contribution >= 0.6 is 0 Å². The minimum Gasteiger partial charge on any atom is -0.388 e. The number of carbonyl (C=O) groups is 1. The summed E-state index contributed by atoms with van der Waals surface area (Å²) in [5.74, 6) is -0.384. The maximum atomic E-state index is 11.7. The Kier molecular flexibility index (Phi) is 3.76. The quantitative estimate of drug-likeness (QED) is 0.715. The summed E-state index contributed by atoms with van der Waals surface area (Å²) < 4.78 is 0. The second-order valence-electron chi connectivity index (χ2n) is 4.76. The summed E-state index contributed by atoms with van der Waals surface area (Å²) in [5, 5.41) is 12.9. The first-order valence-corrected chi connectivity index (χ1v) is 6.14. The van der Waals surface area contributed by atoms with E-state index >= 15 is 0 Å². The molecule has 0 aliphatic heterocycles. The van der Waals surface area contributed by atoms with Gasteiger partial charge in [0, 0.05) is 12.7 Å². The number of aromatic amines is 1. The Labute approximate surface area is 104 Å². The van der Waals surface area contributed by atoms with Gasteiger partial charge < -0.3 is 15.4 Å². The minimum atomic E-state index is -0.796. The third-order valence-corrected chi connectivity index (χ3v) is 3.27. The molecule has 2 rings (SSSR count). The fourth-order valence-electron chi connectivity index (χ4n) is 2.19. The maximum Gasteiger partial charge on any atom is 0.271 e. The third-order valence-electron chi connectivity index (χ3n) is 3.27. The molecule has 1 aromatic heterocycles. The molecule has 98 valence electrons. The van der Waals surface area contributed by atoms with Crippen molar-refractivity contribution < 1.29 is 9.90 Å². The van der Waals surface area contributed by atoms with Crippen molar-refractivity contribution in [2.75, 3.05) is 6.54 Å². The first-order chi connectivity index (χ1) is 8.59. The number of nitrogens with zero attached hydrogens (tertiary/aromatic N) is 1. The van der Waals surface area contributed by atoms with E-state index in [0.717, 1.165) is 25.5 Å². The van der Waals surface area contributed by atoms with E-state index in [9.17, 15) is 14.7 Å². The molecule has 0 spiro atoms. The van der Waals surface area contributed by atoms with Gasteiger partial charge in [-0.25, -0.2) is 4.98 Å². The minimum absolute atomic E-state index is 0.147. The van der Waals surface area contributed by atoms with Crippen LogP contribution in [0.25, 0.3) is 0 Å². The Morgan fingerprint density at radius 1 is 1.44 bits per heavy atom. The predicted molar refractivity (Wildman–Crippen MR) is 65.2 cm³/mol. The van der Waals surface area contributed by atoms with E-state index in [2.05, 4.69) is 15.3 Å². The molecule has 1 amide bonds. The number of hydrogen-bond acceptors (Lipinski definition) is 4. The summed E-state index contributed by atoms with van der Waals surface area (Å²) in [5.41, 5.74) is -0.998. The van der Waals surface area contributed by atoms with E-state index in [1.54, 1.807) is 0 Å². The molecule has 0 aromatic carbocycles. The summed E-state index contributed by atoms with van der Waals surface area (Å²) in [6.45, 7) is 0.229. The lowest BCUT2D eigenvalue weighted by Gasteiger charge is -2.32. The SMILES string of the molecule is O=C(NCC1(O)CCCCC1)c1c[nH]c(=O)cn1. The van der Waals surface area contributed by atoms with Crippen LogP contribution in [-0.2, 0) is 0 Å². The van der Waals surface area contributed by atoms with Crippen molar-refractivity contribution >= 4 is 5.91 Å². The summed E-state index contributed by atoms with van der Waals surface area (Å²) in [7, 11) is 0. The Morgan fingerprint density at radius 2 is 2.17 bits per heavy atom. The normalized spacial score (nSPS) is 18.3. The Bertz CT molecular complexity index is 457. The van der Waals surface area contributed by atoms with Gasteiger partial charge in [0.2, 0.25) is 0 Å². The fraction of sp³-hybridized carbons (Fsp3) is 0.583. The van der Waals surface area contributed by atoms with Gasteiger partial charge in [-0.15, -0.1) is 0 Å². The molecule has 0 bridgehead atoms. The molecular weight excluding hydrogens is 234 g/mol. The van der Waals surface area contributed by atoms with Gasteiger partial charge in [-0.05, 0) is 12.8 Å². The molecule has 6 nitrogen and oxygen atoms in total. The van der Waals surface area contributed by atoms with Crippen molar-refractivity contribution in [3.8, 4) is 0 Å². The van der Waals surface area contributed by atoms with Gasteiger partial charge in [-0.2, -0.15) is 0 Å². The molecule has 1 aliphatic carbocycles. The topological polar surface area (TPSA) is 95.1 Å². The Balaban J connectivity index is 1.91. The van der Waals surface area contributed by atoms with Gasteiger partial charge in [0.05, 0.1) is 11.8 Å². The summed E-state index contributed by atoms with van der Waals surface area (Å²) in [6.07, 6.45) is 6.87. The van der Waals surface area contributed by atoms with Crippen molar-refractivity contribution in [3.63, 3.8) is 0 Å². The van der Waals surface area contributed by atoms with Crippen LogP contribution < -0.4 is 10.9 Å². The van der Waals surface area contributed by atoms with Gasteiger partial charge in [-0.1, -0.05) is 19.3 Å². The molecule has 6 heteroatoms. The van der Waals surface area contributed by atoms with E-state index in [-0.39, 0.29) is 23.7 Å². The van der Waals surface area contributed by atoms with Gasteiger partial charge in [0.1, 0.15) is 5.69 Å². The van der Waals surface area contributed by atoms with Crippen LogP contribution in [0.15, 0.2) is 17.2 Å². The largest absolute Gasteiger partial charge is 0.388 e. The second-order valence-corrected chi connectivity index (χ2v) is 4.76. The first kappa shape index (κ1) is 12.8. The van der Waals surface area contributed by atoms with Gasteiger partial charge in [-0.3, -0.25) is 9.59 Å². The average molecular weight is 251 g/mol. The molecular formula is C12H17N3O3. The predicted octanol–water partition coefficient (Wildman–Crippen LogP) is 0.195. The number of rotatable bonds is 3. The number of carbonyl (C=O) groups excluding carboxylic acids is 1. The van der Waals surface area contributed by atoms with Gasteiger partial charge in [0.25, 0.3) is 11.5 Å². The van der Waals surface area contributed by atoms with Gasteiger partial charge >= 0.3 is 0 Å². The molecule has 1 aromatic rings. The Hall–Kier alpha value is -1.69. The monoisotopic (exact) mass is 251 g/mol. The molecule has 0 saturated heterocycles. The zero-order valence-electron chi connectivity index (χ0n) is 10.1. The van der Waals surface area contributed by atoms with Crippen molar-refractivity contribution in [1.29, 1.82) is 0 Å². The van der Waals surface area contributed by atoms with E-state index in [1.807, 2.05) is 0 Å². The molecule has 0 unspecified atom stereocenters. The second kappa shape index (κ2) is 5.30. The lowest BCUT2D eigenvalue weighted by atomic mass is 9.85. The Morgan fingerprint density at radius 3 is 2.78 bits per heavy atom. The highest BCUT2D eigenvalue weighted by molar-refractivity contribution is 5.91. The molecule has 3 N–H and O–H groups in total. The van der Waals surface area contributed by atoms with Crippen molar-refractivity contribution in [2.24, 2.45) is 0 Å². The van der Waals surface area contributed by atoms with E-state index in [1.165, 1.54) is 6.20 Å². The highest BCUT2D eigenvalue weighted by Gasteiger charge is 2.29. The lowest BCUT2D eigenvalue weighted by molar-refractivity contribution is 0.00520. The highest BCUT2D eigenvalue weighted by Crippen LogP contribution is 2.27. The molecule has 1 fully saturated rings. The fourth-order valence-corrected chi connectivity index (χ4v) is 2.19. The van der Waals surface area contributed by atoms with Crippen LogP contribution in [0.5, 0.6) is 0 Å². The molecule has 18 heavy (non-hydrogen) atoms.